The molecule has 0 aliphatic carbocycles. The third-order valence-electron chi connectivity index (χ3n) is 2.76. The Morgan fingerprint density at radius 1 is 1.29 bits per heavy atom. The highest BCUT2D eigenvalue weighted by Gasteiger charge is 2.06. The molecule has 1 heterocycles. The van der Waals surface area contributed by atoms with Crippen molar-refractivity contribution in [2.45, 2.75) is 39.7 Å². The smallest absolute Gasteiger partial charge is 0.268 e. The topological polar surface area (TPSA) is 80.9 Å². The van der Waals surface area contributed by atoms with Crippen molar-refractivity contribution in [2.75, 3.05) is 0 Å². The summed E-state index contributed by atoms with van der Waals surface area (Å²) in [5.74, 6) is 0. The number of aromatic amines is 1. The van der Waals surface area contributed by atoms with Crippen LogP contribution >= 0.6 is 12.2 Å². The molecule has 1 aromatic heterocycles. The first-order valence-electron chi connectivity index (χ1n) is 5.52. The van der Waals surface area contributed by atoms with E-state index >= 15 is 0 Å². The Bertz CT molecular complexity index is 530. The van der Waals surface area contributed by atoms with Crippen LogP contribution in [0.3, 0.4) is 0 Å². The SMILES string of the molecule is Cc1c(C)c(=O)n(CCCCC(N)=S)[nH]c1=O. The van der Waals surface area contributed by atoms with Gasteiger partial charge in [0.05, 0.1) is 4.99 Å². The van der Waals surface area contributed by atoms with Gasteiger partial charge in [-0.25, -0.2) is 0 Å². The molecule has 0 aliphatic rings. The first-order chi connectivity index (χ1) is 7.93. The molecule has 0 amide bonds. The molecule has 0 bridgehead atoms. The molecule has 0 unspecified atom stereocenters. The second-order valence-electron chi connectivity index (χ2n) is 4.07. The van der Waals surface area contributed by atoms with Crippen LogP contribution in [0.15, 0.2) is 9.59 Å². The van der Waals surface area contributed by atoms with E-state index in [9.17, 15) is 9.59 Å². The van der Waals surface area contributed by atoms with Gasteiger partial charge >= 0.3 is 0 Å². The number of nitrogens with one attached hydrogen (secondary N) is 1. The summed E-state index contributed by atoms with van der Waals surface area (Å²) in [6, 6.07) is 0. The number of unbranched alkanes of at least 4 members (excludes halogenated alkanes) is 1. The van der Waals surface area contributed by atoms with Gasteiger partial charge in [-0.05, 0) is 33.1 Å². The molecule has 1 aromatic rings. The van der Waals surface area contributed by atoms with E-state index in [4.69, 9.17) is 18.0 Å². The fraction of sp³-hybridized carbons (Fsp3) is 0.545. The van der Waals surface area contributed by atoms with Gasteiger partial charge < -0.3 is 5.73 Å². The average molecular weight is 255 g/mol. The van der Waals surface area contributed by atoms with Gasteiger partial charge in [0.15, 0.2) is 0 Å². The van der Waals surface area contributed by atoms with Crippen LogP contribution in [0.4, 0.5) is 0 Å². The first kappa shape index (κ1) is 13.6. The summed E-state index contributed by atoms with van der Waals surface area (Å²) in [7, 11) is 0. The Balaban J connectivity index is 2.76. The predicted octanol–water partition coefficient (Wildman–Crippen LogP) is 0.610. The fourth-order valence-corrected chi connectivity index (χ4v) is 1.66. The third kappa shape index (κ3) is 3.52. The fourth-order valence-electron chi connectivity index (χ4n) is 1.52. The van der Waals surface area contributed by atoms with Crippen LogP contribution < -0.4 is 16.9 Å². The van der Waals surface area contributed by atoms with Crippen LogP contribution in [-0.4, -0.2) is 14.8 Å². The Hall–Kier alpha value is -1.43. The summed E-state index contributed by atoms with van der Waals surface area (Å²) in [5, 5.41) is 2.56. The van der Waals surface area contributed by atoms with Crippen molar-refractivity contribution in [3.63, 3.8) is 0 Å². The number of nitrogens with two attached hydrogens (primary N) is 1. The highest BCUT2D eigenvalue weighted by Crippen LogP contribution is 1.98. The van der Waals surface area contributed by atoms with Crippen molar-refractivity contribution in [1.29, 1.82) is 0 Å². The summed E-state index contributed by atoms with van der Waals surface area (Å²) >= 11 is 4.76. The zero-order valence-electron chi connectivity index (χ0n) is 10.1. The molecule has 5 nitrogen and oxygen atoms in total. The minimum atomic E-state index is -0.212. The van der Waals surface area contributed by atoms with Crippen molar-refractivity contribution < 1.29 is 0 Å². The molecule has 94 valence electrons. The van der Waals surface area contributed by atoms with Gasteiger partial charge in [0.2, 0.25) is 0 Å². The number of nitrogens with zero attached hydrogens (tertiary/aromatic N) is 1. The molecular formula is C11H17N3O2S. The molecule has 0 spiro atoms. The number of thiocarbonyl (C=S) groups is 1. The highest BCUT2D eigenvalue weighted by molar-refractivity contribution is 7.80. The van der Waals surface area contributed by atoms with E-state index in [0.29, 0.717) is 29.1 Å². The number of H-pyrrole nitrogens is 1. The third-order valence-corrected chi connectivity index (χ3v) is 2.96. The summed E-state index contributed by atoms with van der Waals surface area (Å²) in [6.07, 6.45) is 2.24. The lowest BCUT2D eigenvalue weighted by atomic mass is 10.2. The maximum absolute atomic E-state index is 11.8. The Morgan fingerprint density at radius 2 is 1.94 bits per heavy atom. The standard InChI is InChI=1S/C11H17N3O2S/c1-7-8(2)11(16)14(13-10(7)15)6-4-3-5-9(12)17/h3-6H2,1-2H3,(H2,12,17)(H,13,15). The van der Waals surface area contributed by atoms with E-state index < -0.39 is 0 Å². The number of aryl methyl sites for hydroxylation is 1. The maximum atomic E-state index is 11.8. The summed E-state index contributed by atoms with van der Waals surface area (Å²) in [6.45, 7) is 3.79. The van der Waals surface area contributed by atoms with E-state index in [1.807, 2.05) is 0 Å². The molecule has 3 N–H and O–H groups in total. The van der Waals surface area contributed by atoms with Gasteiger partial charge in [-0.15, -0.1) is 0 Å². The van der Waals surface area contributed by atoms with Crippen LogP contribution in [0.1, 0.15) is 30.4 Å². The normalized spacial score (nSPS) is 10.5. The van der Waals surface area contributed by atoms with Gasteiger partial charge in [-0.3, -0.25) is 19.4 Å². The Morgan fingerprint density at radius 3 is 2.53 bits per heavy atom. The van der Waals surface area contributed by atoms with Crippen molar-refractivity contribution in [1.82, 2.24) is 9.78 Å². The van der Waals surface area contributed by atoms with Crippen LogP contribution in [0.5, 0.6) is 0 Å². The molecule has 17 heavy (non-hydrogen) atoms. The van der Waals surface area contributed by atoms with E-state index in [0.717, 1.165) is 12.8 Å². The zero-order valence-corrected chi connectivity index (χ0v) is 10.9. The van der Waals surface area contributed by atoms with Crippen LogP contribution in [0.25, 0.3) is 0 Å². The van der Waals surface area contributed by atoms with Crippen molar-refractivity contribution in [3.05, 3.63) is 31.8 Å². The zero-order chi connectivity index (χ0) is 13.0. The number of hydrogen-bond donors (Lipinski definition) is 2. The minimum absolute atomic E-state index is 0.141. The van der Waals surface area contributed by atoms with Gasteiger partial charge in [0, 0.05) is 17.7 Å². The Labute approximate surface area is 105 Å². The molecule has 0 aliphatic heterocycles. The van der Waals surface area contributed by atoms with Gasteiger partial charge in [0.1, 0.15) is 0 Å². The van der Waals surface area contributed by atoms with Crippen LogP contribution in [-0.2, 0) is 6.54 Å². The summed E-state index contributed by atoms with van der Waals surface area (Å²) < 4.78 is 1.35. The van der Waals surface area contributed by atoms with E-state index in [1.165, 1.54) is 4.68 Å². The second kappa shape index (κ2) is 5.77. The number of hydrogen-bond acceptors (Lipinski definition) is 3. The largest absolute Gasteiger partial charge is 0.393 e. The lowest BCUT2D eigenvalue weighted by Gasteiger charge is -2.07. The van der Waals surface area contributed by atoms with Crippen molar-refractivity contribution >= 4 is 17.2 Å². The predicted molar refractivity (Wildman–Crippen MR) is 71.4 cm³/mol. The number of aromatic nitrogens is 2. The second-order valence-corrected chi connectivity index (χ2v) is 4.60. The van der Waals surface area contributed by atoms with E-state index in [1.54, 1.807) is 13.8 Å². The minimum Gasteiger partial charge on any atom is -0.393 e. The molecular weight excluding hydrogens is 238 g/mol. The van der Waals surface area contributed by atoms with Gasteiger partial charge in [-0.1, -0.05) is 12.2 Å². The summed E-state index contributed by atoms with van der Waals surface area (Å²) in [4.78, 5) is 23.8. The number of rotatable bonds is 5. The van der Waals surface area contributed by atoms with E-state index in [2.05, 4.69) is 5.10 Å². The monoisotopic (exact) mass is 255 g/mol. The van der Waals surface area contributed by atoms with Crippen LogP contribution in [0.2, 0.25) is 0 Å². The lowest BCUT2D eigenvalue weighted by molar-refractivity contribution is 0.526. The molecule has 0 fully saturated rings. The van der Waals surface area contributed by atoms with Crippen molar-refractivity contribution in [2.24, 2.45) is 5.73 Å². The van der Waals surface area contributed by atoms with E-state index in [-0.39, 0.29) is 11.1 Å². The molecule has 1 rings (SSSR count). The quantitative estimate of drug-likeness (QED) is 0.596. The molecule has 0 atom stereocenters. The van der Waals surface area contributed by atoms with Crippen molar-refractivity contribution in [3.8, 4) is 0 Å². The molecule has 6 heteroatoms. The maximum Gasteiger partial charge on any atom is 0.268 e. The molecule has 0 radical (unpaired) electrons. The van der Waals surface area contributed by atoms with Gasteiger partial charge in [0.25, 0.3) is 11.1 Å². The first-order valence-corrected chi connectivity index (χ1v) is 5.93. The molecule has 0 saturated carbocycles. The highest BCUT2D eigenvalue weighted by atomic mass is 32.1. The summed E-state index contributed by atoms with van der Waals surface area (Å²) in [5.41, 5.74) is 6.01. The molecule has 0 saturated heterocycles. The van der Waals surface area contributed by atoms with Gasteiger partial charge in [-0.2, -0.15) is 0 Å². The lowest BCUT2D eigenvalue weighted by Crippen LogP contribution is -2.33. The Kier molecular flexibility index (Phi) is 4.62. The molecule has 0 aromatic carbocycles. The van der Waals surface area contributed by atoms with Crippen LogP contribution in [0, 0.1) is 13.8 Å². The average Bonchev–Trinajstić information content (AvgIpc) is 2.27.